The Morgan fingerprint density at radius 3 is 2.41 bits per heavy atom. The van der Waals surface area contributed by atoms with Gasteiger partial charge in [-0.05, 0) is 52.3 Å². The second-order valence-corrected chi connectivity index (χ2v) is 7.51. The molecule has 0 aromatic heterocycles. The Morgan fingerprint density at radius 2 is 1.79 bits per heavy atom. The molecule has 1 atom stereocenters. The molecule has 0 aliphatic carbocycles. The monoisotopic (exact) mass is 400 g/mol. The lowest BCUT2D eigenvalue weighted by atomic mass is 10.1. The molecule has 0 saturated carbocycles. The summed E-state index contributed by atoms with van der Waals surface area (Å²) in [5.41, 5.74) is 2.36. The average Bonchev–Trinajstić information content (AvgIpc) is 2.65. The van der Waals surface area contributed by atoms with Crippen molar-refractivity contribution in [1.82, 2.24) is 10.2 Å². The number of hydrogen-bond donors (Lipinski definition) is 1. The maximum absolute atomic E-state index is 14.2. The molecular formula is C23H29FN2O3. The fraction of sp³-hybridized carbons (Fsp3) is 0.391. The van der Waals surface area contributed by atoms with Crippen LogP contribution in [-0.2, 0) is 16.1 Å². The predicted molar refractivity (Wildman–Crippen MR) is 111 cm³/mol. The number of ether oxygens (including phenoxy) is 1. The summed E-state index contributed by atoms with van der Waals surface area (Å²) in [4.78, 5) is 26.8. The number of aryl methyl sites for hydroxylation is 2. The first kappa shape index (κ1) is 22.4. The SMILES string of the molecule is Cc1ccc(OCC(=O)N(Cc2ccccc2F)C(C)C(=O)NC(C)C)c(C)c1. The van der Waals surface area contributed by atoms with Gasteiger partial charge in [0.1, 0.15) is 17.6 Å². The van der Waals surface area contributed by atoms with Crippen molar-refractivity contribution >= 4 is 11.8 Å². The van der Waals surface area contributed by atoms with Gasteiger partial charge in [-0.2, -0.15) is 0 Å². The summed E-state index contributed by atoms with van der Waals surface area (Å²) in [6.45, 7) is 8.95. The van der Waals surface area contributed by atoms with Crippen LogP contribution >= 0.6 is 0 Å². The van der Waals surface area contributed by atoms with Gasteiger partial charge >= 0.3 is 0 Å². The molecule has 0 fully saturated rings. The van der Waals surface area contributed by atoms with Gasteiger partial charge in [-0.15, -0.1) is 0 Å². The molecule has 0 heterocycles. The van der Waals surface area contributed by atoms with Gasteiger partial charge in [-0.1, -0.05) is 35.9 Å². The highest BCUT2D eigenvalue weighted by molar-refractivity contribution is 5.88. The maximum Gasteiger partial charge on any atom is 0.261 e. The molecule has 0 spiro atoms. The second kappa shape index (κ2) is 10.0. The summed E-state index contributed by atoms with van der Waals surface area (Å²) in [7, 11) is 0. The van der Waals surface area contributed by atoms with Crippen molar-refractivity contribution in [2.24, 2.45) is 0 Å². The van der Waals surface area contributed by atoms with Gasteiger partial charge in [0.05, 0.1) is 0 Å². The van der Waals surface area contributed by atoms with Crippen molar-refractivity contribution in [3.8, 4) is 5.75 Å². The molecule has 2 aromatic carbocycles. The van der Waals surface area contributed by atoms with Crippen LogP contribution in [0.15, 0.2) is 42.5 Å². The zero-order chi connectivity index (χ0) is 21.6. The minimum atomic E-state index is -0.771. The first-order valence-corrected chi connectivity index (χ1v) is 9.72. The number of amides is 2. The van der Waals surface area contributed by atoms with E-state index < -0.39 is 11.9 Å². The van der Waals surface area contributed by atoms with Crippen molar-refractivity contribution in [2.45, 2.75) is 53.2 Å². The van der Waals surface area contributed by atoms with E-state index in [2.05, 4.69) is 5.32 Å². The number of carbonyl (C=O) groups is 2. The summed E-state index contributed by atoms with van der Waals surface area (Å²) >= 11 is 0. The molecule has 2 rings (SSSR count). The highest BCUT2D eigenvalue weighted by Gasteiger charge is 2.27. The zero-order valence-electron chi connectivity index (χ0n) is 17.7. The molecule has 2 amide bonds. The van der Waals surface area contributed by atoms with Crippen LogP contribution in [0.1, 0.15) is 37.5 Å². The van der Waals surface area contributed by atoms with Gasteiger partial charge in [0.15, 0.2) is 6.61 Å². The van der Waals surface area contributed by atoms with E-state index in [1.807, 2.05) is 45.9 Å². The van der Waals surface area contributed by atoms with E-state index >= 15 is 0 Å². The van der Waals surface area contributed by atoms with Crippen molar-refractivity contribution in [3.63, 3.8) is 0 Å². The molecule has 0 saturated heterocycles. The molecule has 0 aliphatic rings. The fourth-order valence-electron chi connectivity index (χ4n) is 2.98. The third-order valence-electron chi connectivity index (χ3n) is 4.58. The Morgan fingerprint density at radius 1 is 1.10 bits per heavy atom. The molecular weight excluding hydrogens is 371 g/mol. The van der Waals surface area contributed by atoms with Crippen LogP contribution in [-0.4, -0.2) is 35.4 Å². The molecule has 1 unspecified atom stereocenters. The van der Waals surface area contributed by atoms with Crippen LogP contribution in [0.2, 0.25) is 0 Å². The number of hydrogen-bond acceptors (Lipinski definition) is 3. The van der Waals surface area contributed by atoms with Gasteiger partial charge in [-0.25, -0.2) is 4.39 Å². The van der Waals surface area contributed by atoms with Gasteiger partial charge in [-0.3, -0.25) is 9.59 Å². The summed E-state index contributed by atoms with van der Waals surface area (Å²) in [5, 5.41) is 2.80. The number of halogens is 1. The van der Waals surface area contributed by atoms with Crippen LogP contribution in [0.3, 0.4) is 0 Å². The van der Waals surface area contributed by atoms with Crippen LogP contribution in [0.4, 0.5) is 4.39 Å². The lowest BCUT2D eigenvalue weighted by Crippen LogP contribution is -2.50. The van der Waals surface area contributed by atoms with E-state index in [4.69, 9.17) is 4.74 Å². The van der Waals surface area contributed by atoms with Crippen molar-refractivity contribution in [2.75, 3.05) is 6.61 Å². The summed E-state index contributed by atoms with van der Waals surface area (Å²) in [6.07, 6.45) is 0. The van der Waals surface area contributed by atoms with E-state index in [0.717, 1.165) is 11.1 Å². The van der Waals surface area contributed by atoms with Gasteiger partial charge < -0.3 is 15.0 Å². The van der Waals surface area contributed by atoms with Gasteiger partial charge in [0.25, 0.3) is 5.91 Å². The molecule has 6 heteroatoms. The molecule has 0 bridgehead atoms. The molecule has 156 valence electrons. The third-order valence-corrected chi connectivity index (χ3v) is 4.58. The van der Waals surface area contributed by atoms with E-state index in [1.54, 1.807) is 25.1 Å². The van der Waals surface area contributed by atoms with E-state index in [0.29, 0.717) is 11.3 Å². The molecule has 0 radical (unpaired) electrons. The van der Waals surface area contributed by atoms with E-state index in [1.165, 1.54) is 11.0 Å². The lowest BCUT2D eigenvalue weighted by Gasteiger charge is -2.29. The van der Waals surface area contributed by atoms with Crippen molar-refractivity contribution in [1.29, 1.82) is 0 Å². The largest absolute Gasteiger partial charge is 0.483 e. The highest BCUT2D eigenvalue weighted by Crippen LogP contribution is 2.19. The summed E-state index contributed by atoms with van der Waals surface area (Å²) in [5.74, 6) is -0.498. The van der Waals surface area contributed by atoms with Gasteiger partial charge in [0.2, 0.25) is 5.91 Å². The minimum Gasteiger partial charge on any atom is -0.483 e. The third kappa shape index (κ3) is 6.31. The van der Waals surface area contributed by atoms with Crippen LogP contribution in [0.5, 0.6) is 5.75 Å². The van der Waals surface area contributed by atoms with Crippen LogP contribution in [0, 0.1) is 19.7 Å². The standard InChI is InChI=1S/C23H29FN2O3/c1-15(2)25-23(28)18(5)26(13-19-8-6-7-9-20(19)24)22(27)14-29-21-11-10-16(3)12-17(21)4/h6-12,15,18H,13-14H2,1-5H3,(H,25,28). The Hall–Kier alpha value is -2.89. The average molecular weight is 400 g/mol. The minimum absolute atomic E-state index is 0.0194. The highest BCUT2D eigenvalue weighted by atomic mass is 19.1. The Kier molecular flexibility index (Phi) is 7.76. The number of nitrogens with zero attached hydrogens (tertiary/aromatic N) is 1. The Labute approximate surface area is 171 Å². The summed E-state index contributed by atoms with van der Waals surface area (Å²) < 4.78 is 19.9. The first-order valence-electron chi connectivity index (χ1n) is 9.72. The number of benzene rings is 2. The van der Waals surface area contributed by atoms with Crippen molar-refractivity contribution in [3.05, 3.63) is 65.0 Å². The van der Waals surface area contributed by atoms with E-state index in [-0.39, 0.29) is 31.0 Å². The molecule has 0 aliphatic heterocycles. The van der Waals surface area contributed by atoms with Gasteiger partial charge in [0, 0.05) is 18.2 Å². The van der Waals surface area contributed by atoms with Crippen LogP contribution < -0.4 is 10.1 Å². The van der Waals surface area contributed by atoms with E-state index in [9.17, 15) is 14.0 Å². The number of rotatable bonds is 8. The quantitative estimate of drug-likeness (QED) is 0.734. The normalized spacial score (nSPS) is 11.8. The predicted octanol–water partition coefficient (Wildman–Crippen LogP) is 3.76. The van der Waals surface area contributed by atoms with Crippen LogP contribution in [0.25, 0.3) is 0 Å². The Bertz CT molecular complexity index is 867. The fourth-order valence-corrected chi connectivity index (χ4v) is 2.98. The lowest BCUT2D eigenvalue weighted by molar-refractivity contribution is -0.142. The Balaban J connectivity index is 2.19. The maximum atomic E-state index is 14.2. The topological polar surface area (TPSA) is 58.6 Å². The van der Waals surface area contributed by atoms with Crippen molar-refractivity contribution < 1.29 is 18.7 Å². The second-order valence-electron chi connectivity index (χ2n) is 7.51. The zero-order valence-corrected chi connectivity index (χ0v) is 17.7. The summed E-state index contributed by atoms with van der Waals surface area (Å²) in [6, 6.07) is 11.1. The smallest absolute Gasteiger partial charge is 0.261 e. The molecule has 5 nitrogen and oxygen atoms in total. The first-order chi connectivity index (χ1) is 13.7. The molecule has 29 heavy (non-hydrogen) atoms. The molecule has 1 N–H and O–H groups in total. The molecule has 2 aromatic rings. The number of nitrogens with one attached hydrogen (secondary N) is 1. The number of carbonyl (C=O) groups excluding carboxylic acids is 2.